The van der Waals surface area contributed by atoms with Crippen LogP contribution in [-0.4, -0.2) is 57.1 Å². The number of ether oxygens (including phenoxy) is 1. The second kappa shape index (κ2) is 12.9. The zero-order valence-corrected chi connectivity index (χ0v) is 22.5. The van der Waals surface area contributed by atoms with Gasteiger partial charge in [-0.25, -0.2) is 12.8 Å². The van der Waals surface area contributed by atoms with Crippen molar-refractivity contribution in [2.45, 2.75) is 64.1 Å². The van der Waals surface area contributed by atoms with Gasteiger partial charge in [0.15, 0.2) is 0 Å². The van der Waals surface area contributed by atoms with Crippen LogP contribution in [0.2, 0.25) is 0 Å². The number of methoxy groups -OCH3 is 1. The van der Waals surface area contributed by atoms with Crippen LogP contribution in [0, 0.1) is 5.82 Å². The number of halogens is 1. The topological polar surface area (TPSA) is 96.0 Å². The van der Waals surface area contributed by atoms with Crippen LogP contribution >= 0.6 is 0 Å². The van der Waals surface area contributed by atoms with Gasteiger partial charge in [-0.2, -0.15) is 0 Å². The molecule has 0 aliphatic heterocycles. The number of carbonyl (C=O) groups excluding carboxylic acids is 2. The lowest BCUT2D eigenvalue weighted by Gasteiger charge is -2.30. The summed E-state index contributed by atoms with van der Waals surface area (Å²) in [4.78, 5) is 27.9. The van der Waals surface area contributed by atoms with Crippen LogP contribution in [0.25, 0.3) is 0 Å². The van der Waals surface area contributed by atoms with E-state index in [1.807, 2.05) is 12.1 Å². The minimum Gasteiger partial charge on any atom is -0.497 e. The zero-order valence-electron chi connectivity index (χ0n) is 21.7. The lowest BCUT2D eigenvalue weighted by atomic mass is 10.1. The summed E-state index contributed by atoms with van der Waals surface area (Å²) in [6, 6.07) is 11.9. The predicted octanol–water partition coefficient (Wildman–Crippen LogP) is 3.86. The number of benzene rings is 2. The summed E-state index contributed by atoms with van der Waals surface area (Å²) in [5.41, 5.74) is 1.18. The fraction of sp³-hybridized carbons (Fsp3) is 0.481. The first-order valence-electron chi connectivity index (χ1n) is 12.5. The molecule has 3 rings (SSSR count). The van der Waals surface area contributed by atoms with Crippen molar-refractivity contribution in [3.63, 3.8) is 0 Å². The summed E-state index contributed by atoms with van der Waals surface area (Å²) >= 11 is 0. The number of nitrogens with one attached hydrogen (secondary N) is 1. The molecule has 1 atom stereocenters. The molecule has 1 aliphatic carbocycles. The van der Waals surface area contributed by atoms with Gasteiger partial charge in [0.1, 0.15) is 17.6 Å². The third kappa shape index (κ3) is 8.18. The Balaban J connectivity index is 1.71. The van der Waals surface area contributed by atoms with Crippen LogP contribution in [-0.2, 0) is 26.2 Å². The van der Waals surface area contributed by atoms with E-state index in [1.165, 1.54) is 29.2 Å². The Kier molecular flexibility index (Phi) is 9.91. The quantitative estimate of drug-likeness (QED) is 0.447. The normalized spacial score (nSPS) is 14.7. The van der Waals surface area contributed by atoms with Gasteiger partial charge in [-0.1, -0.05) is 25.0 Å². The van der Waals surface area contributed by atoms with Gasteiger partial charge in [0.25, 0.3) is 0 Å². The molecule has 1 N–H and O–H groups in total. The molecule has 37 heavy (non-hydrogen) atoms. The molecule has 1 fully saturated rings. The van der Waals surface area contributed by atoms with Gasteiger partial charge in [-0.05, 0) is 68.1 Å². The third-order valence-electron chi connectivity index (χ3n) is 6.65. The summed E-state index contributed by atoms with van der Waals surface area (Å²) in [7, 11) is -2.06. The Labute approximate surface area is 218 Å². The number of hydrogen-bond acceptors (Lipinski definition) is 5. The Bertz CT molecular complexity index is 1150. The first kappa shape index (κ1) is 28.4. The molecule has 0 radical (unpaired) electrons. The van der Waals surface area contributed by atoms with Gasteiger partial charge in [-0.15, -0.1) is 0 Å². The van der Waals surface area contributed by atoms with Gasteiger partial charge < -0.3 is 15.0 Å². The van der Waals surface area contributed by atoms with Crippen molar-refractivity contribution in [2.24, 2.45) is 0 Å². The van der Waals surface area contributed by atoms with E-state index < -0.39 is 21.9 Å². The number of amides is 2. The molecule has 0 bridgehead atoms. The lowest BCUT2D eigenvalue weighted by Crippen LogP contribution is -2.49. The first-order valence-corrected chi connectivity index (χ1v) is 14.4. The van der Waals surface area contributed by atoms with E-state index in [0.29, 0.717) is 11.4 Å². The lowest BCUT2D eigenvalue weighted by molar-refractivity contribution is -0.141. The van der Waals surface area contributed by atoms with Crippen molar-refractivity contribution >= 4 is 27.5 Å². The van der Waals surface area contributed by atoms with Gasteiger partial charge in [0.2, 0.25) is 21.8 Å². The smallest absolute Gasteiger partial charge is 0.242 e. The molecule has 0 heterocycles. The average Bonchev–Trinajstić information content (AvgIpc) is 3.38. The summed E-state index contributed by atoms with van der Waals surface area (Å²) < 4.78 is 44.4. The van der Waals surface area contributed by atoms with E-state index in [9.17, 15) is 22.4 Å². The maximum atomic E-state index is 13.4. The van der Waals surface area contributed by atoms with Crippen LogP contribution < -0.4 is 14.4 Å². The molecular formula is C27H36FN3O5S. The number of rotatable bonds is 12. The molecule has 202 valence electrons. The van der Waals surface area contributed by atoms with E-state index in [-0.39, 0.29) is 43.8 Å². The van der Waals surface area contributed by atoms with Gasteiger partial charge >= 0.3 is 0 Å². The largest absolute Gasteiger partial charge is 0.497 e. The first-order chi connectivity index (χ1) is 17.6. The van der Waals surface area contributed by atoms with Crippen LogP contribution in [0.5, 0.6) is 5.75 Å². The molecule has 2 aromatic rings. The third-order valence-corrected chi connectivity index (χ3v) is 7.84. The zero-order chi connectivity index (χ0) is 27.0. The highest BCUT2D eigenvalue weighted by Crippen LogP contribution is 2.21. The molecule has 0 aromatic heterocycles. The molecule has 10 heteroatoms. The van der Waals surface area contributed by atoms with E-state index in [1.54, 1.807) is 26.2 Å². The number of carbonyl (C=O) groups is 2. The van der Waals surface area contributed by atoms with Crippen molar-refractivity contribution in [1.29, 1.82) is 0 Å². The van der Waals surface area contributed by atoms with Crippen LogP contribution in [0.4, 0.5) is 10.1 Å². The Morgan fingerprint density at radius 3 is 2.27 bits per heavy atom. The molecule has 2 aromatic carbocycles. The van der Waals surface area contributed by atoms with Gasteiger partial charge in [-0.3, -0.25) is 13.9 Å². The van der Waals surface area contributed by atoms with Crippen LogP contribution in [0.15, 0.2) is 48.5 Å². The highest BCUT2D eigenvalue weighted by Gasteiger charge is 2.28. The minimum atomic E-state index is -3.64. The number of nitrogens with zero attached hydrogens (tertiary/aromatic N) is 2. The molecule has 1 aliphatic rings. The van der Waals surface area contributed by atoms with Crippen molar-refractivity contribution in [2.75, 3.05) is 24.2 Å². The molecular weight excluding hydrogens is 497 g/mol. The Morgan fingerprint density at radius 2 is 1.70 bits per heavy atom. The molecule has 2 amide bonds. The number of hydrogen-bond donors (Lipinski definition) is 1. The van der Waals surface area contributed by atoms with Crippen molar-refractivity contribution in [3.05, 3.63) is 59.9 Å². The van der Waals surface area contributed by atoms with Crippen molar-refractivity contribution < 1.29 is 27.1 Å². The van der Waals surface area contributed by atoms with E-state index in [0.717, 1.165) is 41.8 Å². The number of sulfonamides is 1. The Morgan fingerprint density at radius 1 is 1.08 bits per heavy atom. The summed E-state index contributed by atoms with van der Waals surface area (Å²) in [5, 5.41) is 3.07. The standard InChI is InChI=1S/C27H36FN3O5S/c1-20(27(33)29-23-7-4-5-8-23)30(19-21-10-16-25(36-2)17-11-21)26(32)9-6-18-31(37(3,34)35)24-14-12-22(28)13-15-24/h10-17,20,23H,4-9,18-19H2,1-3H3,(H,29,33)/t20-/m1/s1. The van der Waals surface area contributed by atoms with Crippen molar-refractivity contribution in [1.82, 2.24) is 10.2 Å². The van der Waals surface area contributed by atoms with Crippen LogP contribution in [0.1, 0.15) is 51.0 Å². The molecule has 0 saturated heterocycles. The monoisotopic (exact) mass is 533 g/mol. The van der Waals surface area contributed by atoms with E-state index >= 15 is 0 Å². The molecule has 0 spiro atoms. The fourth-order valence-corrected chi connectivity index (χ4v) is 5.48. The minimum absolute atomic E-state index is 0.0460. The van der Waals surface area contributed by atoms with Gasteiger partial charge in [0.05, 0.1) is 19.1 Å². The fourth-order valence-electron chi connectivity index (χ4n) is 4.51. The summed E-state index contributed by atoms with van der Waals surface area (Å²) in [6.07, 6.45) is 5.40. The molecule has 0 unspecified atom stereocenters. The van der Waals surface area contributed by atoms with E-state index in [4.69, 9.17) is 4.74 Å². The summed E-state index contributed by atoms with van der Waals surface area (Å²) in [6.45, 7) is 2.00. The van der Waals surface area contributed by atoms with Gasteiger partial charge in [0, 0.05) is 25.6 Å². The second-order valence-electron chi connectivity index (χ2n) is 9.45. The highest BCUT2D eigenvalue weighted by atomic mass is 32.2. The molecule has 8 nitrogen and oxygen atoms in total. The Hall–Kier alpha value is -3.14. The molecule has 1 saturated carbocycles. The highest BCUT2D eigenvalue weighted by molar-refractivity contribution is 7.92. The van der Waals surface area contributed by atoms with Crippen LogP contribution in [0.3, 0.4) is 0 Å². The maximum absolute atomic E-state index is 13.4. The average molecular weight is 534 g/mol. The predicted molar refractivity (Wildman–Crippen MR) is 141 cm³/mol. The maximum Gasteiger partial charge on any atom is 0.242 e. The summed E-state index contributed by atoms with van der Waals surface area (Å²) in [5.74, 6) is -0.225. The van der Waals surface area contributed by atoms with E-state index in [2.05, 4.69) is 5.32 Å². The SMILES string of the molecule is COc1ccc(CN(C(=O)CCCN(c2ccc(F)cc2)S(C)(=O)=O)[C@H](C)C(=O)NC2CCCC2)cc1. The number of anilines is 1. The second-order valence-corrected chi connectivity index (χ2v) is 11.4. The van der Waals surface area contributed by atoms with Crippen molar-refractivity contribution in [3.8, 4) is 5.75 Å².